The fourth-order valence-corrected chi connectivity index (χ4v) is 3.14. The highest BCUT2D eigenvalue weighted by Crippen LogP contribution is 2.34. The molecule has 1 atom stereocenters. The minimum absolute atomic E-state index is 0.437. The number of hydrogen-bond donors (Lipinski definition) is 1. The lowest BCUT2D eigenvalue weighted by Gasteiger charge is -2.14. The molecule has 78 valence electrons. The summed E-state index contributed by atoms with van der Waals surface area (Å²) in [6.07, 6.45) is 6.46. The molecule has 1 unspecified atom stereocenters. The van der Waals surface area contributed by atoms with E-state index in [0.717, 1.165) is 17.9 Å². The van der Waals surface area contributed by atoms with Gasteiger partial charge < -0.3 is 5.32 Å². The minimum atomic E-state index is -0.638. The molecule has 1 aliphatic carbocycles. The monoisotopic (exact) mass is 220 g/mol. The Balaban J connectivity index is 2.19. The summed E-state index contributed by atoms with van der Waals surface area (Å²) in [5, 5.41) is 16.7. The van der Waals surface area contributed by atoms with Crippen molar-refractivity contribution in [3.05, 3.63) is 22.1 Å². The van der Waals surface area contributed by atoms with Gasteiger partial charge in [0.25, 0.3) is 0 Å². The standard InChI is InChI=1S/C11H12N2OS/c12-7-9-5-6-15(8-14)11(9)13-10-3-1-2-4-10/h5-6,10,13H,1-4H2. The fourth-order valence-electron chi connectivity index (χ4n) is 1.95. The van der Waals surface area contributed by atoms with E-state index >= 15 is 0 Å². The highest BCUT2D eigenvalue weighted by Gasteiger charge is 2.20. The maximum atomic E-state index is 10.7. The quantitative estimate of drug-likeness (QED) is 0.725. The van der Waals surface area contributed by atoms with Gasteiger partial charge in [0.1, 0.15) is 6.07 Å². The molecule has 1 heterocycles. The molecule has 1 N–H and O–H groups in total. The molecular weight excluding hydrogens is 208 g/mol. The molecule has 0 saturated heterocycles. The summed E-state index contributed by atoms with van der Waals surface area (Å²) in [5.74, 6) is 0. The van der Waals surface area contributed by atoms with Gasteiger partial charge in [-0.25, -0.2) is 4.79 Å². The molecule has 0 aromatic rings. The molecule has 0 spiro atoms. The second-order valence-corrected chi connectivity index (χ2v) is 5.23. The predicted octanol–water partition coefficient (Wildman–Crippen LogP) is 2.12. The number of rotatable bonds is 2. The number of allylic oxidation sites excluding steroid dienone is 2. The van der Waals surface area contributed by atoms with Crippen molar-refractivity contribution in [1.29, 1.82) is 5.26 Å². The molecule has 0 amide bonds. The topological polar surface area (TPSA) is 52.9 Å². The van der Waals surface area contributed by atoms with E-state index in [2.05, 4.69) is 11.4 Å². The molecular formula is C11H12N2OS. The normalized spacial score (nSPS) is 25.4. The molecule has 15 heavy (non-hydrogen) atoms. The van der Waals surface area contributed by atoms with Gasteiger partial charge in [0.05, 0.1) is 10.6 Å². The van der Waals surface area contributed by atoms with E-state index in [1.54, 1.807) is 11.5 Å². The molecule has 1 saturated carbocycles. The Labute approximate surface area is 91.4 Å². The van der Waals surface area contributed by atoms with Gasteiger partial charge in [-0.05, 0) is 34.8 Å². The van der Waals surface area contributed by atoms with E-state index in [-0.39, 0.29) is 0 Å². The highest BCUT2D eigenvalue weighted by atomic mass is 32.2. The molecule has 1 aliphatic heterocycles. The third kappa shape index (κ3) is 2.04. The van der Waals surface area contributed by atoms with E-state index in [9.17, 15) is 4.79 Å². The molecule has 4 heteroatoms. The number of carbonyl (C=O) groups excluding carboxylic acids is 1. The number of nitriles is 1. The summed E-state index contributed by atoms with van der Waals surface area (Å²) in [5.41, 5.74) is 0.591. The lowest BCUT2D eigenvalue weighted by Crippen LogP contribution is -2.24. The summed E-state index contributed by atoms with van der Waals surface area (Å²) < 4.78 is 0. The Bertz CT molecular complexity index is 418. The van der Waals surface area contributed by atoms with Gasteiger partial charge >= 0.3 is 0 Å². The summed E-state index contributed by atoms with van der Waals surface area (Å²) in [6, 6.07) is 2.55. The largest absolute Gasteiger partial charge is 0.376 e. The van der Waals surface area contributed by atoms with Crippen LogP contribution in [0.2, 0.25) is 0 Å². The SMILES string of the molecule is N#CC1=C(NC2CCCC2)S(=C=O)C=C1. The van der Waals surface area contributed by atoms with Crippen molar-refractivity contribution in [3.63, 3.8) is 0 Å². The first-order valence-electron chi connectivity index (χ1n) is 5.05. The van der Waals surface area contributed by atoms with E-state index in [0.29, 0.717) is 11.6 Å². The Kier molecular flexibility index (Phi) is 3.05. The van der Waals surface area contributed by atoms with Gasteiger partial charge in [0.2, 0.25) is 0 Å². The molecule has 2 aliphatic rings. The van der Waals surface area contributed by atoms with Crippen LogP contribution in [-0.2, 0) is 4.79 Å². The van der Waals surface area contributed by atoms with Crippen molar-refractivity contribution in [2.75, 3.05) is 0 Å². The third-order valence-electron chi connectivity index (χ3n) is 2.74. The zero-order valence-corrected chi connectivity index (χ0v) is 9.14. The van der Waals surface area contributed by atoms with Crippen molar-refractivity contribution in [1.82, 2.24) is 5.32 Å². The van der Waals surface area contributed by atoms with Gasteiger partial charge in [-0.3, -0.25) is 0 Å². The van der Waals surface area contributed by atoms with Crippen LogP contribution in [-0.4, -0.2) is 11.3 Å². The molecule has 3 nitrogen and oxygen atoms in total. The summed E-state index contributed by atoms with van der Waals surface area (Å²) in [6.45, 7) is 0. The predicted molar refractivity (Wildman–Crippen MR) is 60.5 cm³/mol. The highest BCUT2D eigenvalue weighted by molar-refractivity contribution is 8.20. The molecule has 0 aromatic carbocycles. The zero-order valence-electron chi connectivity index (χ0n) is 8.32. The molecule has 0 aromatic heterocycles. The summed E-state index contributed by atoms with van der Waals surface area (Å²) >= 11 is 0. The maximum Gasteiger partial charge on any atom is 0.166 e. The van der Waals surface area contributed by atoms with Gasteiger partial charge in [-0.1, -0.05) is 12.8 Å². The van der Waals surface area contributed by atoms with Crippen molar-refractivity contribution >= 4 is 15.7 Å². The Morgan fingerprint density at radius 3 is 2.80 bits per heavy atom. The van der Waals surface area contributed by atoms with Crippen LogP contribution >= 0.6 is 10.5 Å². The maximum absolute atomic E-state index is 10.7. The number of hydrogen-bond acceptors (Lipinski definition) is 3. The second-order valence-electron chi connectivity index (χ2n) is 3.70. The molecule has 1 fully saturated rings. The van der Waals surface area contributed by atoms with E-state index in [4.69, 9.17) is 5.26 Å². The van der Waals surface area contributed by atoms with Gasteiger partial charge in [-0.2, -0.15) is 5.26 Å². The van der Waals surface area contributed by atoms with E-state index < -0.39 is 10.5 Å². The average molecular weight is 220 g/mol. The summed E-state index contributed by atoms with van der Waals surface area (Å²) in [4.78, 5) is 10.7. The lowest BCUT2D eigenvalue weighted by molar-refractivity contribution is 0.571. The number of nitrogens with one attached hydrogen (secondary N) is 1. The molecule has 2 rings (SSSR count). The van der Waals surface area contributed by atoms with Gasteiger partial charge in [0, 0.05) is 6.04 Å². The van der Waals surface area contributed by atoms with E-state index in [1.165, 1.54) is 12.8 Å². The molecule has 0 radical (unpaired) electrons. The third-order valence-corrected chi connectivity index (χ3v) is 4.10. The van der Waals surface area contributed by atoms with Gasteiger partial charge in [-0.15, -0.1) is 0 Å². The number of nitrogens with zero attached hydrogens (tertiary/aromatic N) is 1. The lowest BCUT2D eigenvalue weighted by atomic mass is 10.2. The van der Waals surface area contributed by atoms with Gasteiger partial charge in [0.15, 0.2) is 5.23 Å². The first kappa shape index (κ1) is 10.2. The van der Waals surface area contributed by atoms with Crippen LogP contribution in [0.1, 0.15) is 25.7 Å². The Hall–Kier alpha value is -1.30. The summed E-state index contributed by atoms with van der Waals surface area (Å²) in [7, 11) is -0.638. The van der Waals surface area contributed by atoms with Crippen molar-refractivity contribution in [2.24, 2.45) is 0 Å². The first-order chi connectivity index (χ1) is 7.35. The van der Waals surface area contributed by atoms with Crippen LogP contribution in [0.25, 0.3) is 0 Å². The molecule has 0 bridgehead atoms. The first-order valence-corrected chi connectivity index (χ1v) is 6.34. The fraction of sp³-hybridized carbons (Fsp3) is 0.455. The van der Waals surface area contributed by atoms with Crippen LogP contribution < -0.4 is 5.32 Å². The average Bonchev–Trinajstić information content (AvgIpc) is 2.87. The van der Waals surface area contributed by atoms with Crippen LogP contribution in [0, 0.1) is 11.3 Å². The van der Waals surface area contributed by atoms with Crippen molar-refractivity contribution in [2.45, 2.75) is 31.7 Å². The van der Waals surface area contributed by atoms with Crippen LogP contribution in [0.3, 0.4) is 0 Å². The zero-order chi connectivity index (χ0) is 10.7. The minimum Gasteiger partial charge on any atom is -0.376 e. The van der Waals surface area contributed by atoms with Crippen LogP contribution in [0.4, 0.5) is 0 Å². The van der Waals surface area contributed by atoms with Crippen molar-refractivity contribution < 1.29 is 4.79 Å². The second kappa shape index (κ2) is 4.48. The Morgan fingerprint density at radius 2 is 2.20 bits per heavy atom. The van der Waals surface area contributed by atoms with Crippen molar-refractivity contribution in [3.8, 4) is 6.07 Å². The van der Waals surface area contributed by atoms with E-state index in [1.807, 2.05) is 5.23 Å². The van der Waals surface area contributed by atoms with Crippen LogP contribution in [0.5, 0.6) is 0 Å². The smallest absolute Gasteiger partial charge is 0.166 e. The van der Waals surface area contributed by atoms with Crippen LogP contribution in [0.15, 0.2) is 22.1 Å². The Morgan fingerprint density at radius 1 is 1.47 bits per heavy atom.